The normalized spacial score (nSPS) is 18.9. The van der Waals surface area contributed by atoms with E-state index < -0.39 is 0 Å². The molecule has 1 fully saturated rings. The highest BCUT2D eigenvalue weighted by molar-refractivity contribution is 6.62. The van der Waals surface area contributed by atoms with Gasteiger partial charge in [-0.15, -0.1) is 6.58 Å². The lowest BCUT2D eigenvalue weighted by molar-refractivity contribution is 0.00578. The van der Waals surface area contributed by atoms with Crippen LogP contribution in [0, 0.1) is 0 Å². The Hall–Kier alpha value is -2.11. The van der Waals surface area contributed by atoms with E-state index in [1.807, 2.05) is 48.7 Å². The smallest absolute Gasteiger partial charge is 0.486 e. The van der Waals surface area contributed by atoms with Crippen molar-refractivity contribution < 1.29 is 14.0 Å². The van der Waals surface area contributed by atoms with Crippen molar-refractivity contribution in [2.45, 2.75) is 57.8 Å². The van der Waals surface area contributed by atoms with Crippen LogP contribution in [0.25, 0.3) is 0 Å². The highest BCUT2D eigenvalue weighted by atomic mass is 16.7. The number of benzene rings is 1. The zero-order valence-electron chi connectivity index (χ0n) is 16.6. The minimum Gasteiger partial charge on any atom is -0.486 e. The van der Waals surface area contributed by atoms with Crippen LogP contribution in [-0.2, 0) is 9.31 Å². The quantitative estimate of drug-likeness (QED) is 0.536. The van der Waals surface area contributed by atoms with Crippen molar-refractivity contribution in [3.05, 3.63) is 67.0 Å². The fraction of sp³-hybridized carbons (Fsp3) is 0.409. The summed E-state index contributed by atoms with van der Waals surface area (Å²) >= 11 is 0. The van der Waals surface area contributed by atoms with Gasteiger partial charge in [-0.2, -0.15) is 0 Å². The Kier molecular flexibility index (Phi) is 5.73. The van der Waals surface area contributed by atoms with Gasteiger partial charge in [0.15, 0.2) is 0 Å². The van der Waals surface area contributed by atoms with Crippen LogP contribution in [0.5, 0.6) is 5.75 Å². The molecular weight excluding hydrogens is 337 g/mol. The van der Waals surface area contributed by atoms with E-state index in [2.05, 4.69) is 39.3 Å². The fourth-order valence-electron chi connectivity index (χ4n) is 2.98. The molecule has 2 aromatic rings. The first-order valence-electron chi connectivity index (χ1n) is 9.45. The van der Waals surface area contributed by atoms with Gasteiger partial charge in [0.05, 0.1) is 11.2 Å². The summed E-state index contributed by atoms with van der Waals surface area (Å²) in [5, 5.41) is 0. The molecular formula is C22H28BNO3. The van der Waals surface area contributed by atoms with Crippen molar-refractivity contribution >= 4 is 12.6 Å². The lowest BCUT2D eigenvalue weighted by atomic mass is 9.79. The number of pyridine rings is 1. The summed E-state index contributed by atoms with van der Waals surface area (Å²) in [6.45, 7) is 12.0. The summed E-state index contributed by atoms with van der Waals surface area (Å²) in [6.07, 6.45) is 7.22. The van der Waals surface area contributed by atoms with Crippen LogP contribution in [0.4, 0.5) is 0 Å². The lowest BCUT2D eigenvalue weighted by Gasteiger charge is -2.32. The van der Waals surface area contributed by atoms with Crippen LogP contribution in [-0.4, -0.2) is 23.3 Å². The summed E-state index contributed by atoms with van der Waals surface area (Å²) < 4.78 is 18.5. The number of ether oxygens (including phenoxy) is 1. The minimum atomic E-state index is -0.362. The molecule has 1 aliphatic rings. The van der Waals surface area contributed by atoms with Gasteiger partial charge < -0.3 is 14.0 Å². The van der Waals surface area contributed by atoms with Crippen molar-refractivity contribution in [3.63, 3.8) is 0 Å². The molecule has 1 aliphatic heterocycles. The molecule has 1 aromatic carbocycles. The molecule has 1 atom stereocenters. The van der Waals surface area contributed by atoms with Crippen LogP contribution in [0.15, 0.2) is 61.4 Å². The summed E-state index contributed by atoms with van der Waals surface area (Å²) in [5.74, 6) is 0.813. The molecule has 142 valence electrons. The summed E-state index contributed by atoms with van der Waals surface area (Å²) in [4.78, 5) is 4.21. The first kappa shape index (κ1) is 19.7. The van der Waals surface area contributed by atoms with E-state index in [-0.39, 0.29) is 24.4 Å². The van der Waals surface area contributed by atoms with E-state index in [4.69, 9.17) is 14.0 Å². The highest BCUT2D eigenvalue weighted by Crippen LogP contribution is 2.36. The third kappa shape index (κ3) is 4.42. The van der Waals surface area contributed by atoms with Gasteiger partial charge in [-0.05, 0) is 64.2 Å². The molecule has 4 nitrogen and oxygen atoms in total. The van der Waals surface area contributed by atoms with Crippen LogP contribution in [0.1, 0.15) is 52.2 Å². The topological polar surface area (TPSA) is 40.6 Å². The fourth-order valence-corrected chi connectivity index (χ4v) is 2.98. The number of hydrogen-bond acceptors (Lipinski definition) is 4. The zero-order valence-corrected chi connectivity index (χ0v) is 16.6. The van der Waals surface area contributed by atoms with E-state index in [1.165, 1.54) is 0 Å². The van der Waals surface area contributed by atoms with Gasteiger partial charge in [0.2, 0.25) is 0 Å². The molecule has 0 aliphatic carbocycles. The first-order valence-corrected chi connectivity index (χ1v) is 9.45. The van der Waals surface area contributed by atoms with Crippen LogP contribution < -0.4 is 10.2 Å². The summed E-state index contributed by atoms with van der Waals surface area (Å²) in [7, 11) is -0.362. The number of allylic oxidation sites excluding steroid dienone is 1. The molecule has 0 bridgehead atoms. The van der Waals surface area contributed by atoms with Gasteiger partial charge in [0, 0.05) is 18.0 Å². The Morgan fingerprint density at radius 2 is 1.78 bits per heavy atom. The van der Waals surface area contributed by atoms with E-state index in [0.29, 0.717) is 0 Å². The second kappa shape index (κ2) is 7.87. The Morgan fingerprint density at radius 3 is 2.33 bits per heavy atom. The highest BCUT2D eigenvalue weighted by Gasteiger charge is 2.51. The monoisotopic (exact) mass is 365 g/mol. The van der Waals surface area contributed by atoms with Gasteiger partial charge in [0.1, 0.15) is 11.9 Å². The molecule has 1 unspecified atom stereocenters. The number of rotatable bonds is 7. The van der Waals surface area contributed by atoms with Gasteiger partial charge in [-0.3, -0.25) is 4.98 Å². The number of aromatic nitrogens is 1. The van der Waals surface area contributed by atoms with Gasteiger partial charge in [0.25, 0.3) is 0 Å². The van der Waals surface area contributed by atoms with Gasteiger partial charge in [-0.1, -0.05) is 24.3 Å². The molecule has 0 spiro atoms. The second-order valence-electron chi connectivity index (χ2n) is 7.92. The van der Waals surface area contributed by atoms with Crippen molar-refractivity contribution in [3.8, 4) is 5.75 Å². The van der Waals surface area contributed by atoms with Crippen molar-refractivity contribution in [1.29, 1.82) is 0 Å². The number of hydrogen-bond donors (Lipinski definition) is 0. The molecule has 0 N–H and O–H groups in total. The largest absolute Gasteiger partial charge is 0.494 e. The summed E-state index contributed by atoms with van der Waals surface area (Å²) in [5.41, 5.74) is 1.37. The van der Waals surface area contributed by atoms with Crippen molar-refractivity contribution in [2.24, 2.45) is 0 Å². The Morgan fingerprint density at radius 1 is 1.11 bits per heavy atom. The van der Waals surface area contributed by atoms with Crippen molar-refractivity contribution in [2.75, 3.05) is 0 Å². The van der Waals surface area contributed by atoms with Crippen LogP contribution in [0.2, 0.25) is 0 Å². The average Bonchev–Trinajstić information content (AvgIpc) is 2.87. The standard InChI is InChI=1S/C22H28BNO3/c1-6-7-10-20(17-9-8-15-24-16-17)25-19-13-11-18(12-14-19)23-26-21(2,3)22(4,5)27-23/h6,8-9,11-16,20H,1,7,10H2,2-5H3. The Balaban J connectivity index is 1.72. The SMILES string of the molecule is C=CCCC(Oc1ccc(B2OC(C)(C)C(C)(C)O2)cc1)c1cccnc1. The first-order chi connectivity index (χ1) is 12.8. The molecule has 0 radical (unpaired) electrons. The predicted octanol–water partition coefficient (Wildman–Crippen LogP) is 4.47. The second-order valence-corrected chi connectivity index (χ2v) is 7.92. The van der Waals surface area contributed by atoms with Gasteiger partial charge in [-0.25, -0.2) is 0 Å². The van der Waals surface area contributed by atoms with Crippen LogP contribution in [0.3, 0.4) is 0 Å². The average molecular weight is 365 g/mol. The maximum absolute atomic E-state index is 6.23. The Labute approximate surface area is 162 Å². The molecule has 1 saturated heterocycles. The molecule has 0 saturated carbocycles. The minimum absolute atomic E-state index is 0.0561. The maximum Gasteiger partial charge on any atom is 0.494 e. The van der Waals surface area contributed by atoms with E-state index in [0.717, 1.165) is 29.6 Å². The predicted molar refractivity (Wildman–Crippen MR) is 109 cm³/mol. The molecule has 1 aromatic heterocycles. The number of nitrogens with zero attached hydrogens (tertiary/aromatic N) is 1. The molecule has 0 amide bonds. The molecule has 27 heavy (non-hydrogen) atoms. The molecule has 5 heteroatoms. The van der Waals surface area contributed by atoms with Crippen LogP contribution >= 0.6 is 0 Å². The van der Waals surface area contributed by atoms with E-state index >= 15 is 0 Å². The van der Waals surface area contributed by atoms with Gasteiger partial charge >= 0.3 is 7.12 Å². The third-order valence-corrected chi connectivity index (χ3v) is 5.37. The van der Waals surface area contributed by atoms with Crippen molar-refractivity contribution in [1.82, 2.24) is 4.98 Å². The summed E-state index contributed by atoms with van der Waals surface area (Å²) in [6, 6.07) is 11.9. The molecule has 3 rings (SSSR count). The zero-order chi connectivity index (χ0) is 19.5. The lowest BCUT2D eigenvalue weighted by Crippen LogP contribution is -2.41. The Bertz CT molecular complexity index is 743. The van der Waals surface area contributed by atoms with E-state index in [9.17, 15) is 0 Å². The third-order valence-electron chi connectivity index (χ3n) is 5.37. The maximum atomic E-state index is 6.23. The van der Waals surface area contributed by atoms with E-state index in [1.54, 1.807) is 6.20 Å². The molecule has 2 heterocycles.